The van der Waals surface area contributed by atoms with Crippen molar-refractivity contribution in [3.05, 3.63) is 0 Å². The van der Waals surface area contributed by atoms with Crippen LogP contribution < -0.4 is 5.32 Å². The van der Waals surface area contributed by atoms with E-state index < -0.39 is 12.1 Å². The lowest BCUT2D eigenvalue weighted by atomic mass is 10.0. The number of aliphatic hydroxyl groups excluding tert-OH is 1. The van der Waals surface area contributed by atoms with Gasteiger partial charge in [-0.1, -0.05) is 5.16 Å². The van der Waals surface area contributed by atoms with Crippen LogP contribution in [0, 0.1) is 5.92 Å². The Morgan fingerprint density at radius 3 is 2.59 bits per heavy atom. The summed E-state index contributed by atoms with van der Waals surface area (Å²) in [5.74, 6) is -2.43. The van der Waals surface area contributed by atoms with E-state index in [4.69, 9.17) is 19.8 Å². The Labute approximate surface area is 94.0 Å². The van der Waals surface area contributed by atoms with Gasteiger partial charge in [0.15, 0.2) is 0 Å². The molecular formula is C8H11F3N2O4. The van der Waals surface area contributed by atoms with Crippen LogP contribution in [0.4, 0.5) is 13.2 Å². The number of fused-ring (bicyclic) bond motifs is 1. The molecule has 0 aromatic rings. The molecule has 6 nitrogen and oxygen atoms in total. The van der Waals surface area contributed by atoms with E-state index in [0.29, 0.717) is 5.92 Å². The van der Waals surface area contributed by atoms with E-state index in [-0.39, 0.29) is 12.7 Å². The Hall–Kier alpha value is -1.35. The molecule has 2 atom stereocenters. The molecule has 9 heteroatoms. The number of halogens is 3. The lowest BCUT2D eigenvalue weighted by molar-refractivity contribution is -0.192. The van der Waals surface area contributed by atoms with Gasteiger partial charge in [0, 0.05) is 13.1 Å². The number of hydrogen-bond donors (Lipinski definition) is 3. The SMILES string of the molecule is O=C(O)C(F)(F)F.OCC1=NO[C@@H]2CNC[C@H]12. The minimum absolute atomic E-state index is 0.0306. The van der Waals surface area contributed by atoms with E-state index in [9.17, 15) is 13.2 Å². The van der Waals surface area contributed by atoms with Gasteiger partial charge in [-0.2, -0.15) is 13.2 Å². The standard InChI is InChI=1S/C6H10N2O2.C2HF3O2/c9-3-5-4-1-7-2-6(4)10-8-5;3-2(4,5)1(6)7/h4,6-7,9H,1-3H2;(H,6,7)/t4-,6-;/m1./s1. The average molecular weight is 256 g/mol. The van der Waals surface area contributed by atoms with Crippen LogP contribution in [-0.4, -0.2) is 53.9 Å². The second-order valence-electron chi connectivity index (χ2n) is 3.45. The number of hydrogen-bond acceptors (Lipinski definition) is 5. The minimum atomic E-state index is -5.08. The van der Waals surface area contributed by atoms with Crippen LogP contribution >= 0.6 is 0 Å². The molecular weight excluding hydrogens is 245 g/mol. The zero-order valence-electron chi connectivity index (χ0n) is 8.57. The first-order valence-electron chi connectivity index (χ1n) is 4.70. The second-order valence-corrected chi connectivity index (χ2v) is 3.45. The summed E-state index contributed by atoms with van der Waals surface area (Å²) in [5.41, 5.74) is 0.787. The molecule has 2 rings (SSSR count). The van der Waals surface area contributed by atoms with Crippen molar-refractivity contribution in [2.75, 3.05) is 19.7 Å². The highest BCUT2D eigenvalue weighted by Crippen LogP contribution is 2.21. The summed E-state index contributed by atoms with van der Waals surface area (Å²) in [7, 11) is 0. The highest BCUT2D eigenvalue weighted by atomic mass is 19.4. The number of oxime groups is 1. The Morgan fingerprint density at radius 2 is 2.12 bits per heavy atom. The molecule has 0 saturated carbocycles. The van der Waals surface area contributed by atoms with Crippen LogP contribution in [0.1, 0.15) is 0 Å². The summed E-state index contributed by atoms with van der Waals surface area (Å²) in [4.78, 5) is 13.9. The third-order valence-electron chi connectivity index (χ3n) is 2.30. The Bertz CT molecular complexity index is 318. The maximum Gasteiger partial charge on any atom is 0.490 e. The smallest absolute Gasteiger partial charge is 0.475 e. The molecule has 17 heavy (non-hydrogen) atoms. The third kappa shape index (κ3) is 3.56. The van der Waals surface area contributed by atoms with E-state index in [2.05, 4.69) is 10.5 Å². The molecule has 0 amide bonds. The summed E-state index contributed by atoms with van der Waals surface area (Å²) >= 11 is 0. The molecule has 1 saturated heterocycles. The molecule has 0 unspecified atom stereocenters. The van der Waals surface area contributed by atoms with Gasteiger partial charge in [-0.05, 0) is 0 Å². The molecule has 2 aliphatic heterocycles. The van der Waals surface area contributed by atoms with Crippen molar-refractivity contribution in [2.45, 2.75) is 12.3 Å². The first-order chi connectivity index (χ1) is 7.86. The van der Waals surface area contributed by atoms with Gasteiger partial charge in [-0.3, -0.25) is 0 Å². The van der Waals surface area contributed by atoms with Crippen LogP contribution in [0.25, 0.3) is 0 Å². The Morgan fingerprint density at radius 1 is 1.53 bits per heavy atom. The van der Waals surface area contributed by atoms with Gasteiger partial charge in [-0.25, -0.2) is 4.79 Å². The molecule has 0 aromatic carbocycles. The lowest BCUT2D eigenvalue weighted by Crippen LogP contribution is -2.23. The topological polar surface area (TPSA) is 91.2 Å². The Balaban J connectivity index is 0.000000185. The van der Waals surface area contributed by atoms with Gasteiger partial charge in [0.25, 0.3) is 0 Å². The second kappa shape index (κ2) is 5.32. The van der Waals surface area contributed by atoms with Gasteiger partial charge in [-0.15, -0.1) is 0 Å². The maximum absolute atomic E-state index is 10.6. The lowest BCUT2D eigenvalue weighted by Gasteiger charge is -2.04. The number of nitrogens with one attached hydrogen (secondary N) is 1. The number of carboxylic acids is 1. The van der Waals surface area contributed by atoms with Crippen LogP contribution in [-0.2, 0) is 9.63 Å². The van der Waals surface area contributed by atoms with Crippen molar-refractivity contribution in [1.29, 1.82) is 0 Å². The zero-order chi connectivity index (χ0) is 13.1. The molecule has 0 spiro atoms. The van der Waals surface area contributed by atoms with Crippen molar-refractivity contribution >= 4 is 11.7 Å². The molecule has 0 radical (unpaired) electrons. The van der Waals surface area contributed by atoms with Gasteiger partial charge >= 0.3 is 12.1 Å². The molecule has 3 N–H and O–H groups in total. The van der Waals surface area contributed by atoms with Crippen LogP contribution in [0.3, 0.4) is 0 Å². The summed E-state index contributed by atoms with van der Waals surface area (Å²) < 4.78 is 31.7. The first-order valence-corrected chi connectivity index (χ1v) is 4.70. The first kappa shape index (κ1) is 13.7. The van der Waals surface area contributed by atoms with Gasteiger partial charge < -0.3 is 20.4 Å². The van der Waals surface area contributed by atoms with Gasteiger partial charge in [0.05, 0.1) is 18.2 Å². The van der Waals surface area contributed by atoms with E-state index >= 15 is 0 Å². The molecule has 0 aromatic heterocycles. The van der Waals surface area contributed by atoms with E-state index in [1.165, 1.54) is 0 Å². The number of alkyl halides is 3. The Kier molecular flexibility index (Phi) is 4.29. The van der Waals surface area contributed by atoms with E-state index in [0.717, 1.165) is 18.8 Å². The fourth-order valence-electron chi connectivity index (χ4n) is 1.45. The predicted octanol–water partition coefficient (Wildman–Crippen LogP) is -0.414. The number of aliphatic hydroxyl groups is 1. The van der Waals surface area contributed by atoms with Crippen LogP contribution in [0.5, 0.6) is 0 Å². The largest absolute Gasteiger partial charge is 0.490 e. The summed E-state index contributed by atoms with van der Waals surface area (Å²) in [6.45, 7) is 1.78. The van der Waals surface area contributed by atoms with Crippen molar-refractivity contribution in [1.82, 2.24) is 5.32 Å². The molecule has 2 heterocycles. The quantitative estimate of drug-likeness (QED) is 0.593. The monoisotopic (exact) mass is 256 g/mol. The van der Waals surface area contributed by atoms with Crippen molar-refractivity contribution in [3.8, 4) is 0 Å². The summed E-state index contributed by atoms with van der Waals surface area (Å²) in [6, 6.07) is 0. The van der Waals surface area contributed by atoms with Gasteiger partial charge in [0.1, 0.15) is 6.10 Å². The van der Waals surface area contributed by atoms with Gasteiger partial charge in [0.2, 0.25) is 0 Å². The highest BCUT2D eigenvalue weighted by molar-refractivity contribution is 5.89. The number of nitrogens with zero attached hydrogens (tertiary/aromatic N) is 1. The fourth-order valence-corrected chi connectivity index (χ4v) is 1.45. The molecule has 0 bridgehead atoms. The van der Waals surface area contributed by atoms with Crippen LogP contribution in [0.2, 0.25) is 0 Å². The number of carboxylic acid groups (broad SMARTS) is 1. The summed E-state index contributed by atoms with van der Waals surface area (Å²) in [5, 5.41) is 22.8. The molecule has 0 aliphatic carbocycles. The third-order valence-corrected chi connectivity index (χ3v) is 2.30. The van der Waals surface area contributed by atoms with Crippen molar-refractivity contribution in [2.24, 2.45) is 11.1 Å². The van der Waals surface area contributed by atoms with Crippen LogP contribution in [0.15, 0.2) is 5.16 Å². The van der Waals surface area contributed by atoms with Crippen molar-refractivity contribution < 1.29 is 33.0 Å². The van der Waals surface area contributed by atoms with Crippen molar-refractivity contribution in [3.63, 3.8) is 0 Å². The normalized spacial score (nSPS) is 26.5. The average Bonchev–Trinajstić information content (AvgIpc) is 2.77. The molecule has 1 fully saturated rings. The highest BCUT2D eigenvalue weighted by Gasteiger charge is 2.38. The summed E-state index contributed by atoms with van der Waals surface area (Å²) in [6.07, 6.45) is -4.90. The number of aliphatic carboxylic acids is 1. The maximum atomic E-state index is 10.6. The molecule has 98 valence electrons. The fraction of sp³-hybridized carbons (Fsp3) is 0.750. The number of rotatable bonds is 1. The molecule has 2 aliphatic rings. The zero-order valence-corrected chi connectivity index (χ0v) is 8.57. The minimum Gasteiger partial charge on any atom is -0.475 e. The number of carbonyl (C=O) groups is 1. The predicted molar refractivity (Wildman–Crippen MR) is 49.4 cm³/mol. The van der Waals surface area contributed by atoms with E-state index in [1.807, 2.05) is 0 Å². The van der Waals surface area contributed by atoms with E-state index in [1.54, 1.807) is 0 Å².